The number of benzene rings is 1. The summed E-state index contributed by atoms with van der Waals surface area (Å²) in [4.78, 5) is 10.8. The van der Waals surface area contributed by atoms with Crippen LogP contribution in [0, 0.1) is 0 Å². The summed E-state index contributed by atoms with van der Waals surface area (Å²) in [5.74, 6) is -0.749. The first kappa shape index (κ1) is 6.37. The predicted octanol–water partition coefficient (Wildman–Crippen LogP) is 0.771. The van der Waals surface area contributed by atoms with Crippen LogP contribution in [0.2, 0.25) is 0 Å². The molecule has 0 fully saturated rings. The Kier molecular flexibility index (Phi) is 1.83. The third-order valence-electron chi connectivity index (χ3n) is 1.41. The fourth-order valence-electron chi connectivity index (χ4n) is 0.796. The lowest BCUT2D eigenvalue weighted by molar-refractivity contribution is -0.138. The lowest BCUT2D eigenvalue weighted by Gasteiger charge is -2.04. The molecule has 0 aliphatic heterocycles. The molecule has 1 rings (SSSR count). The highest BCUT2D eigenvalue weighted by atomic mass is 16.4. The molecule has 0 saturated heterocycles. The average Bonchev–Trinajstić information content (AvgIpc) is 2.17. The molecular formula is C8H9NO2. The molecule has 0 radical (unpaired) electrons. The fraction of sp³-hybridized carbons (Fsp3) is 0.125. The number of carboxylic acid groups (broad SMARTS) is 1. The zero-order chi connectivity index (χ0) is 8.97. The second-order valence-electron chi connectivity index (χ2n) is 2.21. The highest BCUT2D eigenvalue weighted by Gasteiger charge is 2.12. The van der Waals surface area contributed by atoms with Crippen molar-refractivity contribution in [2.75, 3.05) is 0 Å². The van der Waals surface area contributed by atoms with E-state index in [1.165, 1.54) is 0 Å². The minimum atomic E-state index is -0.858. The van der Waals surface area contributed by atoms with Gasteiger partial charge in [0, 0.05) is 0 Å². The first-order chi connectivity index (χ1) is 5.75. The normalized spacial score (nSPS) is 13.4. The lowest BCUT2D eigenvalue weighted by Crippen LogP contribution is -2.20. The summed E-state index contributed by atoms with van der Waals surface area (Å²) in [6, 6.07) is 7.92. The molecule has 0 aromatic heterocycles. The molecule has 0 heterocycles. The van der Waals surface area contributed by atoms with Gasteiger partial charge < -0.3 is 10.8 Å². The van der Waals surface area contributed by atoms with Gasteiger partial charge in [0.2, 0.25) is 0 Å². The van der Waals surface area contributed by atoms with Crippen molar-refractivity contribution in [2.24, 2.45) is 5.73 Å². The third-order valence-corrected chi connectivity index (χ3v) is 1.41. The number of hydrogen-bond donors (Lipinski definition) is 2. The van der Waals surface area contributed by atoms with Crippen molar-refractivity contribution in [1.29, 1.82) is 1.43 Å². The number of nitrogens with two attached hydrogens (primary N) is 1. The molecule has 11 heavy (non-hydrogen) atoms. The predicted molar refractivity (Wildman–Crippen MR) is 41.0 cm³/mol. The quantitative estimate of drug-likeness (QED) is 0.658. The van der Waals surface area contributed by atoms with E-state index in [1.807, 2.05) is 6.07 Å². The summed E-state index contributed by atoms with van der Waals surface area (Å²) in [7, 11) is 0. The van der Waals surface area contributed by atoms with E-state index in [4.69, 9.17) is 7.16 Å². The van der Waals surface area contributed by atoms with Crippen LogP contribution in [0.5, 0.6) is 0 Å². The smallest absolute Gasteiger partial charge is 0.325 e. The highest BCUT2D eigenvalue weighted by Crippen LogP contribution is 2.08. The maximum atomic E-state index is 10.8. The molecule has 0 aliphatic carbocycles. The Bertz CT molecular complexity index is 263. The summed E-state index contributed by atoms with van der Waals surface area (Å²) < 4.78 is 6.36. The Labute approximate surface area is 65.9 Å². The van der Waals surface area contributed by atoms with Gasteiger partial charge in [-0.15, -0.1) is 0 Å². The highest BCUT2D eigenvalue weighted by molar-refractivity contribution is 5.75. The van der Waals surface area contributed by atoms with E-state index in [0.29, 0.717) is 5.56 Å². The monoisotopic (exact) mass is 152 g/mol. The molecule has 0 bridgehead atoms. The van der Waals surface area contributed by atoms with Gasteiger partial charge in [0.15, 0.2) is 0 Å². The number of hydrogen-bond acceptors (Lipinski definition) is 3. The first-order valence-corrected chi connectivity index (χ1v) is 3.23. The van der Waals surface area contributed by atoms with Gasteiger partial charge in [-0.1, -0.05) is 30.3 Å². The van der Waals surface area contributed by atoms with Crippen LogP contribution in [0.25, 0.3) is 1.43 Å². The molecule has 0 saturated carbocycles. The average molecular weight is 152 g/mol. The topological polar surface area (TPSA) is 63.3 Å². The van der Waals surface area contributed by atoms with Crippen molar-refractivity contribution in [2.45, 2.75) is 6.04 Å². The standard InChI is InChI=1S/C8H9NO2/c9-7(8(10)11)6-4-2-1-3-5-6/h1-5,7H,9H2,(H,10,11)/t7-/m0/s1/i/hD. The van der Waals surface area contributed by atoms with E-state index in [9.17, 15) is 4.79 Å². The molecule has 0 amide bonds. The van der Waals surface area contributed by atoms with Crippen molar-refractivity contribution < 1.29 is 9.90 Å². The molecule has 3 N–H and O–H groups in total. The van der Waals surface area contributed by atoms with Gasteiger partial charge in [-0.25, -0.2) is 0 Å². The van der Waals surface area contributed by atoms with Crippen molar-refractivity contribution in [3.63, 3.8) is 0 Å². The molecule has 1 atom stereocenters. The van der Waals surface area contributed by atoms with E-state index in [1.54, 1.807) is 24.3 Å². The summed E-state index contributed by atoms with van der Waals surface area (Å²) in [5.41, 5.74) is 6.10. The van der Waals surface area contributed by atoms with Crippen molar-refractivity contribution in [3.8, 4) is 0 Å². The number of aliphatic carboxylic acids is 1. The van der Waals surface area contributed by atoms with Crippen LogP contribution in [0.15, 0.2) is 30.3 Å². The summed E-state index contributed by atoms with van der Waals surface area (Å²) >= 11 is 0. The molecule has 1 aromatic carbocycles. The fourth-order valence-corrected chi connectivity index (χ4v) is 0.796. The van der Waals surface area contributed by atoms with Gasteiger partial charge in [0.25, 0.3) is 1.43 Å². The lowest BCUT2D eigenvalue weighted by atomic mass is 10.1. The molecule has 0 spiro atoms. The van der Waals surface area contributed by atoms with Crippen LogP contribution in [0.1, 0.15) is 11.6 Å². The maximum Gasteiger partial charge on any atom is 0.325 e. The second kappa shape index (κ2) is 3.16. The van der Waals surface area contributed by atoms with Gasteiger partial charge in [0.1, 0.15) is 6.04 Å². The second-order valence-corrected chi connectivity index (χ2v) is 2.21. The number of rotatable bonds is 2. The molecule has 3 nitrogen and oxygen atoms in total. The van der Waals surface area contributed by atoms with E-state index in [0.717, 1.165) is 0 Å². The van der Waals surface area contributed by atoms with Gasteiger partial charge in [0.05, 0.1) is 0 Å². The Balaban J connectivity index is 2.78. The third kappa shape index (κ3) is 1.78. The van der Waals surface area contributed by atoms with Gasteiger partial charge >= 0.3 is 5.97 Å². The molecule has 1 aromatic rings. The molecule has 58 valence electrons. The largest absolute Gasteiger partial charge is 0.480 e. The van der Waals surface area contributed by atoms with Gasteiger partial charge in [-0.3, -0.25) is 4.79 Å². The van der Waals surface area contributed by atoms with E-state index < -0.39 is 12.0 Å². The Morgan fingerprint density at radius 1 is 1.55 bits per heavy atom. The van der Waals surface area contributed by atoms with Crippen molar-refractivity contribution in [3.05, 3.63) is 35.9 Å². The zero-order valence-electron chi connectivity index (χ0n) is 6.86. The summed E-state index contributed by atoms with van der Waals surface area (Å²) in [6.07, 6.45) is 0. The number of carbonyl (C=O) groups is 1. The van der Waals surface area contributed by atoms with Crippen LogP contribution in [-0.2, 0) is 4.79 Å². The van der Waals surface area contributed by atoms with Crippen LogP contribution in [0.3, 0.4) is 0 Å². The van der Waals surface area contributed by atoms with Crippen LogP contribution >= 0.6 is 0 Å². The number of carboxylic acids is 1. The van der Waals surface area contributed by atoms with Crippen LogP contribution < -0.4 is 5.73 Å². The molecular weight excluding hydrogens is 142 g/mol. The van der Waals surface area contributed by atoms with Crippen LogP contribution in [-0.4, -0.2) is 11.1 Å². The van der Waals surface area contributed by atoms with Gasteiger partial charge in [-0.05, 0) is 5.56 Å². The van der Waals surface area contributed by atoms with Gasteiger partial charge in [-0.2, -0.15) is 0 Å². The minimum Gasteiger partial charge on any atom is -0.480 e. The maximum absolute atomic E-state index is 10.8. The van der Waals surface area contributed by atoms with E-state index in [-0.39, 0.29) is 0 Å². The summed E-state index contributed by atoms with van der Waals surface area (Å²) in [5, 5.41) is 3.75. The Morgan fingerprint density at radius 3 is 2.73 bits per heavy atom. The minimum absolute atomic E-state index is 0.648. The van der Waals surface area contributed by atoms with Crippen LogP contribution in [0.4, 0.5) is 0 Å². The SMILES string of the molecule is [2H]OC(=O)[C@@H](N)c1ccccc1. The van der Waals surface area contributed by atoms with Crippen molar-refractivity contribution in [1.82, 2.24) is 0 Å². The van der Waals surface area contributed by atoms with Crippen molar-refractivity contribution >= 4 is 5.97 Å². The Morgan fingerprint density at radius 2 is 2.18 bits per heavy atom. The molecule has 0 unspecified atom stereocenters. The Hall–Kier alpha value is -1.35. The summed E-state index contributed by atoms with van der Waals surface area (Å²) in [6.45, 7) is 0. The zero-order valence-corrected chi connectivity index (χ0v) is 5.86. The molecule has 0 aliphatic rings. The van der Waals surface area contributed by atoms with E-state index >= 15 is 0 Å². The van der Waals surface area contributed by atoms with E-state index in [2.05, 4.69) is 5.11 Å². The first-order valence-electron chi connectivity index (χ1n) is 3.64. The molecule has 3 heteroatoms.